The molecule has 2 aromatic rings. The highest BCUT2D eigenvalue weighted by Gasteiger charge is 2.21. The van der Waals surface area contributed by atoms with Crippen LogP contribution in [0.4, 0.5) is 0 Å². The Morgan fingerprint density at radius 1 is 1.45 bits per heavy atom. The molecule has 0 amide bonds. The summed E-state index contributed by atoms with van der Waals surface area (Å²) in [6, 6.07) is 5.00. The Hall–Kier alpha value is -0.590. The average molecular weight is 380 g/mol. The first kappa shape index (κ1) is 15.8. The smallest absolute Gasteiger partial charge is 0.123 e. The lowest BCUT2D eigenvalue weighted by Crippen LogP contribution is -2.14. The van der Waals surface area contributed by atoms with E-state index in [0.29, 0.717) is 38.9 Å². The highest BCUT2D eigenvalue weighted by atomic mass is 79.9. The number of aliphatic hydroxyl groups excluding tert-OH is 1. The molecular weight excluding hydrogens is 367 g/mol. The number of benzene rings is 1. The molecule has 1 unspecified atom stereocenters. The van der Waals surface area contributed by atoms with Gasteiger partial charge >= 0.3 is 0 Å². The molecule has 7 heteroatoms. The van der Waals surface area contributed by atoms with E-state index in [2.05, 4.69) is 21.0 Å². The molecule has 20 heavy (non-hydrogen) atoms. The van der Waals surface area contributed by atoms with Crippen LogP contribution in [0.5, 0.6) is 0 Å². The Morgan fingerprint density at radius 2 is 2.20 bits per heavy atom. The van der Waals surface area contributed by atoms with Crippen molar-refractivity contribution in [2.24, 2.45) is 0 Å². The molecule has 0 saturated heterocycles. The molecule has 0 fully saturated rings. The van der Waals surface area contributed by atoms with Crippen molar-refractivity contribution in [1.29, 1.82) is 0 Å². The summed E-state index contributed by atoms with van der Waals surface area (Å²) in [6.07, 6.45) is 0.742. The van der Waals surface area contributed by atoms with Crippen LogP contribution in [-0.2, 0) is 11.3 Å². The summed E-state index contributed by atoms with van der Waals surface area (Å²) < 4.78 is 7.43. The summed E-state index contributed by atoms with van der Waals surface area (Å²) >= 11 is 15.4. The van der Waals surface area contributed by atoms with E-state index in [9.17, 15) is 5.11 Å². The van der Waals surface area contributed by atoms with E-state index in [1.165, 1.54) is 0 Å². The summed E-state index contributed by atoms with van der Waals surface area (Å²) in [5.41, 5.74) is 1.21. The van der Waals surface area contributed by atoms with Gasteiger partial charge in [0.25, 0.3) is 0 Å². The number of rotatable bonds is 5. The van der Waals surface area contributed by atoms with Crippen molar-refractivity contribution in [3.05, 3.63) is 50.2 Å². The van der Waals surface area contributed by atoms with Gasteiger partial charge in [0.2, 0.25) is 0 Å². The number of ether oxygens (including phenoxy) is 1. The third-order valence-corrected chi connectivity index (χ3v) is 4.03. The Balaban J connectivity index is 2.37. The second-order valence-electron chi connectivity index (χ2n) is 4.16. The summed E-state index contributed by atoms with van der Waals surface area (Å²) in [4.78, 5) is 0. The molecule has 0 aliphatic rings. The molecule has 0 radical (unpaired) electrons. The minimum absolute atomic E-state index is 0.413. The van der Waals surface area contributed by atoms with Crippen LogP contribution >= 0.6 is 39.1 Å². The molecule has 108 valence electrons. The first-order chi connectivity index (χ1) is 9.54. The molecule has 0 saturated carbocycles. The lowest BCUT2D eigenvalue weighted by molar-refractivity contribution is 0.171. The maximum absolute atomic E-state index is 10.6. The van der Waals surface area contributed by atoms with Crippen LogP contribution in [0.25, 0.3) is 0 Å². The van der Waals surface area contributed by atoms with Crippen LogP contribution in [-0.4, -0.2) is 28.6 Å². The molecule has 4 nitrogen and oxygen atoms in total. The summed E-state index contributed by atoms with van der Waals surface area (Å²) in [7, 11) is 1.62. The number of aliphatic hydroxyl groups is 1. The van der Waals surface area contributed by atoms with Crippen molar-refractivity contribution in [2.45, 2.75) is 12.6 Å². The Kier molecular flexibility index (Phi) is 5.46. The SMILES string of the molecule is COCCn1ncc(Br)c1C(O)c1ccc(Cl)cc1Cl. The minimum atomic E-state index is -0.895. The first-order valence-electron chi connectivity index (χ1n) is 5.87. The van der Waals surface area contributed by atoms with Gasteiger partial charge in [0.05, 0.1) is 29.5 Å². The molecule has 0 aliphatic carbocycles. The van der Waals surface area contributed by atoms with Crippen LogP contribution in [0, 0.1) is 0 Å². The van der Waals surface area contributed by atoms with E-state index in [-0.39, 0.29) is 0 Å². The first-order valence-corrected chi connectivity index (χ1v) is 7.42. The van der Waals surface area contributed by atoms with Gasteiger partial charge in [0.15, 0.2) is 0 Å². The fraction of sp³-hybridized carbons (Fsp3) is 0.308. The van der Waals surface area contributed by atoms with Gasteiger partial charge in [-0.2, -0.15) is 5.10 Å². The fourth-order valence-corrected chi connectivity index (χ4v) is 2.90. The lowest BCUT2D eigenvalue weighted by atomic mass is 10.1. The predicted molar refractivity (Wildman–Crippen MR) is 82.3 cm³/mol. The number of halogens is 3. The molecule has 1 atom stereocenters. The van der Waals surface area contributed by atoms with Crippen molar-refractivity contribution >= 4 is 39.1 Å². The minimum Gasteiger partial charge on any atom is -0.383 e. The van der Waals surface area contributed by atoms with Crippen LogP contribution < -0.4 is 0 Å². The number of methoxy groups -OCH3 is 1. The zero-order valence-electron chi connectivity index (χ0n) is 10.7. The van der Waals surface area contributed by atoms with E-state index in [1.807, 2.05) is 0 Å². The Labute approximate surface area is 135 Å². The van der Waals surface area contributed by atoms with Crippen molar-refractivity contribution in [2.75, 3.05) is 13.7 Å². The van der Waals surface area contributed by atoms with E-state index in [1.54, 1.807) is 36.2 Å². The normalized spacial score (nSPS) is 12.7. The van der Waals surface area contributed by atoms with Gasteiger partial charge in [0.1, 0.15) is 6.10 Å². The molecule has 1 aromatic carbocycles. The monoisotopic (exact) mass is 378 g/mol. The molecule has 0 aliphatic heterocycles. The topological polar surface area (TPSA) is 47.3 Å². The van der Waals surface area contributed by atoms with Gasteiger partial charge in [-0.3, -0.25) is 4.68 Å². The molecular formula is C13H13BrCl2N2O2. The summed E-state index contributed by atoms with van der Waals surface area (Å²) in [5.74, 6) is 0. The molecule has 2 rings (SSSR count). The fourth-order valence-electron chi connectivity index (χ4n) is 1.87. The average Bonchev–Trinajstić information content (AvgIpc) is 2.77. The Bertz CT molecular complexity index is 604. The van der Waals surface area contributed by atoms with Crippen molar-refractivity contribution in [3.8, 4) is 0 Å². The van der Waals surface area contributed by atoms with Gasteiger partial charge in [-0.25, -0.2) is 0 Å². The predicted octanol–water partition coefficient (Wildman–Crippen LogP) is 3.68. The number of aromatic nitrogens is 2. The zero-order valence-corrected chi connectivity index (χ0v) is 13.8. The van der Waals surface area contributed by atoms with Gasteiger partial charge in [-0.05, 0) is 28.1 Å². The van der Waals surface area contributed by atoms with Gasteiger partial charge in [0, 0.05) is 22.7 Å². The maximum atomic E-state index is 10.6. The van der Waals surface area contributed by atoms with Crippen molar-refractivity contribution < 1.29 is 9.84 Å². The third kappa shape index (κ3) is 3.35. The van der Waals surface area contributed by atoms with Crippen LogP contribution in [0.15, 0.2) is 28.9 Å². The van der Waals surface area contributed by atoms with Gasteiger partial charge in [-0.1, -0.05) is 29.3 Å². The summed E-state index contributed by atoms with van der Waals surface area (Å²) in [5, 5.41) is 15.7. The van der Waals surface area contributed by atoms with E-state index in [4.69, 9.17) is 27.9 Å². The van der Waals surface area contributed by atoms with E-state index in [0.717, 1.165) is 0 Å². The van der Waals surface area contributed by atoms with Crippen molar-refractivity contribution in [1.82, 2.24) is 9.78 Å². The van der Waals surface area contributed by atoms with E-state index < -0.39 is 6.10 Å². The highest BCUT2D eigenvalue weighted by molar-refractivity contribution is 9.10. The van der Waals surface area contributed by atoms with Crippen LogP contribution in [0.3, 0.4) is 0 Å². The molecule has 1 heterocycles. The molecule has 1 N–H and O–H groups in total. The van der Waals surface area contributed by atoms with Gasteiger partial charge < -0.3 is 9.84 Å². The third-order valence-electron chi connectivity index (χ3n) is 2.86. The van der Waals surface area contributed by atoms with Crippen LogP contribution in [0.1, 0.15) is 17.4 Å². The Morgan fingerprint density at radius 3 is 2.85 bits per heavy atom. The summed E-state index contributed by atoms with van der Waals surface area (Å²) in [6.45, 7) is 1.04. The van der Waals surface area contributed by atoms with E-state index >= 15 is 0 Å². The highest BCUT2D eigenvalue weighted by Crippen LogP contribution is 2.33. The molecule has 0 spiro atoms. The maximum Gasteiger partial charge on any atom is 0.123 e. The quantitative estimate of drug-likeness (QED) is 0.861. The molecule has 1 aromatic heterocycles. The largest absolute Gasteiger partial charge is 0.383 e. The number of nitrogens with zero attached hydrogens (tertiary/aromatic N) is 2. The lowest BCUT2D eigenvalue weighted by Gasteiger charge is -2.16. The number of hydrogen-bond acceptors (Lipinski definition) is 3. The second-order valence-corrected chi connectivity index (χ2v) is 5.86. The van der Waals surface area contributed by atoms with Gasteiger partial charge in [-0.15, -0.1) is 0 Å². The van der Waals surface area contributed by atoms with Crippen LogP contribution in [0.2, 0.25) is 10.0 Å². The number of hydrogen-bond donors (Lipinski definition) is 1. The second kappa shape index (κ2) is 6.91. The standard InChI is InChI=1S/C13H13BrCl2N2O2/c1-20-5-4-18-12(10(14)7-17-18)13(19)9-3-2-8(15)6-11(9)16/h2-3,6-7,13,19H,4-5H2,1H3. The zero-order chi connectivity index (χ0) is 14.7. The molecule has 0 bridgehead atoms. The van der Waals surface area contributed by atoms with Crippen molar-refractivity contribution in [3.63, 3.8) is 0 Å².